The average Bonchev–Trinajstić information content (AvgIpc) is 3.28. The lowest BCUT2D eigenvalue weighted by Gasteiger charge is -2.33. The maximum absolute atomic E-state index is 13.8. The fourth-order valence-electron chi connectivity index (χ4n) is 4.77. The molecule has 1 N–H and O–H groups in total. The number of Topliss-reactive ketones (excluding diaryl/α,β-unsaturated/α-hetero) is 1. The molecule has 1 aliphatic heterocycles. The second kappa shape index (κ2) is 12.2. The zero-order valence-electron chi connectivity index (χ0n) is 23.7. The van der Waals surface area contributed by atoms with Crippen LogP contribution in [0.2, 0.25) is 0 Å². The summed E-state index contributed by atoms with van der Waals surface area (Å²) in [4.78, 5) is 54.5. The SMILES string of the molecule is CCOc1c(C(=O)NC2CCN(C(=O)OC(C)(C)C)CC2)sc2cc(CC)n(CC(=O)c3ccccc3)c(=O)c12. The molecule has 1 fully saturated rings. The molecule has 40 heavy (non-hydrogen) atoms. The maximum Gasteiger partial charge on any atom is 0.410 e. The molecule has 0 unspecified atom stereocenters. The molecule has 0 spiro atoms. The lowest BCUT2D eigenvalue weighted by atomic mass is 10.1. The van der Waals surface area contributed by atoms with Gasteiger partial charge in [-0.2, -0.15) is 0 Å². The summed E-state index contributed by atoms with van der Waals surface area (Å²) in [6, 6.07) is 10.6. The van der Waals surface area contributed by atoms with Crippen LogP contribution in [-0.4, -0.2) is 58.6 Å². The fraction of sp³-hybridized carbons (Fsp3) is 0.467. The monoisotopic (exact) mass is 567 g/mol. The number of aryl methyl sites for hydroxylation is 1. The number of hydrogen-bond acceptors (Lipinski definition) is 7. The molecule has 1 saturated heterocycles. The quantitative estimate of drug-likeness (QED) is 0.383. The molecule has 2 aromatic heterocycles. The van der Waals surface area contributed by atoms with Gasteiger partial charge < -0.3 is 24.3 Å². The summed E-state index contributed by atoms with van der Waals surface area (Å²) in [5, 5.41) is 3.38. The van der Waals surface area contributed by atoms with Crippen LogP contribution in [0.25, 0.3) is 10.1 Å². The molecular formula is C30H37N3O6S. The van der Waals surface area contributed by atoms with Crippen LogP contribution < -0.4 is 15.6 Å². The van der Waals surface area contributed by atoms with Crippen LogP contribution in [0.1, 0.15) is 73.2 Å². The van der Waals surface area contributed by atoms with Crippen LogP contribution in [0.5, 0.6) is 5.75 Å². The van der Waals surface area contributed by atoms with Crippen molar-refractivity contribution >= 4 is 39.2 Å². The van der Waals surface area contributed by atoms with E-state index in [0.29, 0.717) is 58.6 Å². The Morgan fingerprint density at radius 2 is 1.75 bits per heavy atom. The van der Waals surface area contributed by atoms with Gasteiger partial charge in [0.2, 0.25) is 0 Å². The van der Waals surface area contributed by atoms with Crippen molar-refractivity contribution in [3.05, 3.63) is 62.9 Å². The normalized spacial score (nSPS) is 14.3. The van der Waals surface area contributed by atoms with Gasteiger partial charge in [-0.25, -0.2) is 4.79 Å². The summed E-state index contributed by atoms with van der Waals surface area (Å²) < 4.78 is 13.5. The third-order valence-electron chi connectivity index (χ3n) is 6.73. The van der Waals surface area contributed by atoms with Gasteiger partial charge in [-0.1, -0.05) is 37.3 Å². The molecule has 214 valence electrons. The Hall–Kier alpha value is -3.66. The van der Waals surface area contributed by atoms with E-state index in [1.165, 1.54) is 15.9 Å². The minimum atomic E-state index is -0.565. The molecule has 10 heteroatoms. The van der Waals surface area contributed by atoms with Crippen molar-refractivity contribution in [3.8, 4) is 5.75 Å². The Labute approximate surface area is 238 Å². The number of nitrogens with one attached hydrogen (secondary N) is 1. The summed E-state index contributed by atoms with van der Waals surface area (Å²) in [6.45, 7) is 10.4. The van der Waals surface area contributed by atoms with E-state index in [-0.39, 0.29) is 48.3 Å². The molecule has 0 aliphatic carbocycles. The van der Waals surface area contributed by atoms with Crippen molar-refractivity contribution in [2.45, 2.75) is 72.1 Å². The number of hydrogen-bond donors (Lipinski definition) is 1. The number of amides is 2. The van der Waals surface area contributed by atoms with Crippen LogP contribution in [-0.2, 0) is 17.7 Å². The topological polar surface area (TPSA) is 107 Å². The lowest BCUT2D eigenvalue weighted by Crippen LogP contribution is -2.47. The number of ether oxygens (including phenoxy) is 2. The molecule has 2 amide bonds. The van der Waals surface area contributed by atoms with Crippen LogP contribution in [0.15, 0.2) is 41.2 Å². The van der Waals surface area contributed by atoms with Crippen LogP contribution in [0, 0.1) is 0 Å². The van der Waals surface area contributed by atoms with Gasteiger partial charge in [0.05, 0.1) is 13.2 Å². The smallest absolute Gasteiger partial charge is 0.410 e. The average molecular weight is 568 g/mol. The largest absolute Gasteiger partial charge is 0.491 e. The van der Waals surface area contributed by atoms with E-state index in [0.717, 1.165) is 0 Å². The molecule has 4 rings (SSSR count). The Balaban J connectivity index is 1.57. The van der Waals surface area contributed by atoms with Gasteiger partial charge in [-0.05, 0) is 53.0 Å². The predicted octanol–water partition coefficient (Wildman–Crippen LogP) is 5.04. The van der Waals surface area contributed by atoms with Gasteiger partial charge in [0, 0.05) is 35.1 Å². The van der Waals surface area contributed by atoms with E-state index in [9.17, 15) is 19.2 Å². The number of nitrogens with zero attached hydrogens (tertiary/aromatic N) is 2. The van der Waals surface area contributed by atoms with Gasteiger partial charge in [0.25, 0.3) is 11.5 Å². The van der Waals surface area contributed by atoms with Crippen LogP contribution in [0.4, 0.5) is 4.79 Å². The number of benzene rings is 1. The molecule has 3 aromatic rings. The second-order valence-electron chi connectivity index (χ2n) is 10.8. The number of pyridine rings is 1. The van der Waals surface area contributed by atoms with Crippen molar-refractivity contribution in [2.75, 3.05) is 19.7 Å². The number of carbonyl (C=O) groups excluding carboxylic acids is 3. The molecule has 0 atom stereocenters. The first-order valence-corrected chi connectivity index (χ1v) is 14.5. The third-order valence-corrected chi connectivity index (χ3v) is 7.85. The predicted molar refractivity (Wildman–Crippen MR) is 156 cm³/mol. The Kier molecular flexibility index (Phi) is 8.98. The maximum atomic E-state index is 13.8. The second-order valence-corrected chi connectivity index (χ2v) is 11.9. The minimum absolute atomic E-state index is 0.0961. The Morgan fingerprint density at radius 1 is 1.07 bits per heavy atom. The van der Waals surface area contributed by atoms with E-state index in [4.69, 9.17) is 9.47 Å². The number of rotatable bonds is 8. The highest BCUT2D eigenvalue weighted by atomic mass is 32.1. The van der Waals surface area contributed by atoms with E-state index in [2.05, 4.69) is 5.32 Å². The summed E-state index contributed by atoms with van der Waals surface area (Å²) >= 11 is 1.22. The Morgan fingerprint density at radius 3 is 2.35 bits per heavy atom. The van der Waals surface area contributed by atoms with Crippen molar-refractivity contribution in [2.24, 2.45) is 0 Å². The zero-order valence-corrected chi connectivity index (χ0v) is 24.6. The van der Waals surface area contributed by atoms with Gasteiger partial charge in [-0.15, -0.1) is 11.3 Å². The van der Waals surface area contributed by atoms with Crippen molar-refractivity contribution in [1.82, 2.24) is 14.8 Å². The lowest BCUT2D eigenvalue weighted by molar-refractivity contribution is 0.0199. The highest BCUT2D eigenvalue weighted by molar-refractivity contribution is 7.21. The van der Waals surface area contributed by atoms with E-state index in [1.54, 1.807) is 36.1 Å². The zero-order chi connectivity index (χ0) is 29.0. The van der Waals surface area contributed by atoms with Crippen molar-refractivity contribution < 1.29 is 23.9 Å². The molecule has 3 heterocycles. The first-order valence-electron chi connectivity index (χ1n) is 13.7. The van der Waals surface area contributed by atoms with E-state index >= 15 is 0 Å². The van der Waals surface area contributed by atoms with Gasteiger partial charge in [0.15, 0.2) is 11.5 Å². The molecule has 1 aromatic carbocycles. The highest BCUT2D eigenvalue weighted by Crippen LogP contribution is 2.37. The Bertz CT molecular complexity index is 1450. The van der Waals surface area contributed by atoms with Gasteiger partial charge in [0.1, 0.15) is 15.9 Å². The standard InChI is InChI=1S/C30H37N3O6S/c1-6-21-17-23-24(28(36)33(21)18-22(34)19-11-9-8-10-12-19)25(38-7-2)26(40-23)27(35)31-20-13-15-32(16-14-20)29(37)39-30(3,4)5/h8-12,17,20H,6-7,13-16,18H2,1-5H3,(H,31,35). The molecular weight excluding hydrogens is 530 g/mol. The summed E-state index contributed by atoms with van der Waals surface area (Å²) in [5.41, 5.74) is 0.338. The molecule has 9 nitrogen and oxygen atoms in total. The highest BCUT2D eigenvalue weighted by Gasteiger charge is 2.30. The first-order chi connectivity index (χ1) is 19.0. The summed E-state index contributed by atoms with van der Waals surface area (Å²) in [5.74, 6) is -0.231. The number of ketones is 1. The van der Waals surface area contributed by atoms with Gasteiger partial charge >= 0.3 is 6.09 Å². The fourth-order valence-corrected chi connectivity index (χ4v) is 5.87. The van der Waals surface area contributed by atoms with E-state index < -0.39 is 5.60 Å². The van der Waals surface area contributed by atoms with Crippen LogP contribution >= 0.6 is 11.3 Å². The molecule has 0 saturated carbocycles. The summed E-state index contributed by atoms with van der Waals surface area (Å²) in [7, 11) is 0. The van der Waals surface area contributed by atoms with Crippen LogP contribution in [0.3, 0.4) is 0 Å². The summed E-state index contributed by atoms with van der Waals surface area (Å²) in [6.07, 6.45) is 1.38. The van der Waals surface area contributed by atoms with Gasteiger partial charge in [-0.3, -0.25) is 14.4 Å². The number of piperidine rings is 1. The van der Waals surface area contributed by atoms with Crippen molar-refractivity contribution in [1.29, 1.82) is 0 Å². The molecule has 1 aliphatic rings. The molecule has 0 radical (unpaired) electrons. The minimum Gasteiger partial charge on any atom is -0.491 e. The number of carbonyl (C=O) groups is 3. The third kappa shape index (κ3) is 6.55. The first kappa shape index (κ1) is 29.3. The number of thiophene rings is 1. The number of likely N-dealkylation sites (tertiary alicyclic amines) is 1. The number of fused-ring (bicyclic) bond motifs is 1. The molecule has 0 bridgehead atoms. The van der Waals surface area contributed by atoms with E-state index in [1.807, 2.05) is 39.8 Å². The van der Waals surface area contributed by atoms with Crippen molar-refractivity contribution in [3.63, 3.8) is 0 Å². The number of aromatic nitrogens is 1.